The van der Waals surface area contributed by atoms with Crippen LogP contribution in [-0.4, -0.2) is 53.1 Å². The number of aliphatic carboxylic acids is 1. The van der Waals surface area contributed by atoms with Crippen molar-refractivity contribution >= 4 is 17.9 Å². The predicted molar refractivity (Wildman–Crippen MR) is 73.3 cm³/mol. The molecule has 2 atom stereocenters. The molecule has 1 heterocycles. The molecule has 1 aliphatic heterocycles. The lowest BCUT2D eigenvalue weighted by atomic mass is 10.1. The van der Waals surface area contributed by atoms with Crippen LogP contribution in [0.15, 0.2) is 0 Å². The molecule has 1 saturated heterocycles. The Hall–Kier alpha value is -1.79. The summed E-state index contributed by atoms with van der Waals surface area (Å²) >= 11 is 0. The van der Waals surface area contributed by atoms with Crippen LogP contribution >= 0.6 is 0 Å². The Morgan fingerprint density at radius 3 is 2.85 bits per heavy atom. The van der Waals surface area contributed by atoms with E-state index in [-0.39, 0.29) is 24.4 Å². The van der Waals surface area contributed by atoms with Gasteiger partial charge in [0.15, 0.2) is 0 Å². The van der Waals surface area contributed by atoms with Crippen molar-refractivity contribution in [3.63, 3.8) is 0 Å². The van der Waals surface area contributed by atoms with Crippen molar-refractivity contribution in [2.24, 2.45) is 0 Å². The van der Waals surface area contributed by atoms with Crippen LogP contribution in [0.25, 0.3) is 0 Å². The monoisotopic (exact) mass is 285 g/mol. The van der Waals surface area contributed by atoms with Gasteiger partial charge in [-0.2, -0.15) is 0 Å². The summed E-state index contributed by atoms with van der Waals surface area (Å²) in [6.07, 6.45) is 1.81. The van der Waals surface area contributed by atoms with Crippen molar-refractivity contribution in [3.05, 3.63) is 0 Å². The Labute approximate surface area is 118 Å². The first-order valence-corrected chi connectivity index (χ1v) is 7.02. The average Bonchev–Trinajstić information content (AvgIpc) is 2.37. The standard InChI is InChI=1S/C13H23N3O4/c1-3-10-12(19)14-7-8-16(10)13(20)15-9(2)5-4-6-11(17)18/h9-10H,3-8H2,1-2H3,(H,14,19)(H,15,20)(H,17,18). The normalized spacial score (nSPS) is 20.2. The highest BCUT2D eigenvalue weighted by Gasteiger charge is 2.31. The quantitative estimate of drug-likeness (QED) is 0.663. The number of carboxylic acids is 1. The first-order valence-electron chi connectivity index (χ1n) is 7.02. The summed E-state index contributed by atoms with van der Waals surface area (Å²) in [6, 6.07) is -0.783. The third-order valence-electron chi connectivity index (χ3n) is 3.38. The summed E-state index contributed by atoms with van der Waals surface area (Å²) < 4.78 is 0. The summed E-state index contributed by atoms with van der Waals surface area (Å²) in [7, 11) is 0. The molecule has 0 aromatic heterocycles. The maximum atomic E-state index is 12.1. The molecule has 7 heteroatoms. The van der Waals surface area contributed by atoms with Crippen LogP contribution < -0.4 is 10.6 Å². The molecule has 114 valence electrons. The molecule has 0 saturated carbocycles. The lowest BCUT2D eigenvalue weighted by Crippen LogP contribution is -2.59. The zero-order valence-electron chi connectivity index (χ0n) is 12.0. The average molecular weight is 285 g/mol. The second kappa shape index (κ2) is 7.72. The van der Waals surface area contributed by atoms with Gasteiger partial charge in [0.05, 0.1) is 0 Å². The van der Waals surface area contributed by atoms with Gasteiger partial charge < -0.3 is 20.6 Å². The molecule has 1 rings (SSSR count). The van der Waals surface area contributed by atoms with E-state index in [1.165, 1.54) is 0 Å². The smallest absolute Gasteiger partial charge is 0.318 e. The van der Waals surface area contributed by atoms with E-state index in [1.807, 2.05) is 13.8 Å². The van der Waals surface area contributed by atoms with Gasteiger partial charge in [-0.05, 0) is 26.2 Å². The number of nitrogens with one attached hydrogen (secondary N) is 2. The largest absolute Gasteiger partial charge is 0.481 e. The summed E-state index contributed by atoms with van der Waals surface area (Å²) in [5, 5.41) is 14.1. The van der Waals surface area contributed by atoms with Gasteiger partial charge in [-0.3, -0.25) is 9.59 Å². The Bertz CT molecular complexity index is 373. The minimum Gasteiger partial charge on any atom is -0.481 e. The Morgan fingerprint density at radius 2 is 2.25 bits per heavy atom. The first kappa shape index (κ1) is 16.3. The van der Waals surface area contributed by atoms with Crippen molar-refractivity contribution in [2.75, 3.05) is 13.1 Å². The molecular weight excluding hydrogens is 262 g/mol. The fraction of sp³-hybridized carbons (Fsp3) is 0.769. The third kappa shape index (κ3) is 4.71. The highest BCUT2D eigenvalue weighted by atomic mass is 16.4. The Balaban J connectivity index is 2.44. The van der Waals surface area contributed by atoms with Gasteiger partial charge in [0.1, 0.15) is 6.04 Å². The van der Waals surface area contributed by atoms with Crippen LogP contribution in [0.3, 0.4) is 0 Å². The number of nitrogens with zero attached hydrogens (tertiary/aromatic N) is 1. The van der Waals surface area contributed by atoms with Crippen molar-refractivity contribution in [2.45, 2.75) is 51.6 Å². The van der Waals surface area contributed by atoms with Crippen molar-refractivity contribution in [3.8, 4) is 0 Å². The van der Waals surface area contributed by atoms with E-state index in [2.05, 4.69) is 10.6 Å². The zero-order valence-corrected chi connectivity index (χ0v) is 12.0. The zero-order chi connectivity index (χ0) is 15.1. The number of piperazine rings is 1. The summed E-state index contributed by atoms with van der Waals surface area (Å²) in [4.78, 5) is 35.8. The predicted octanol–water partition coefficient (Wildman–Crippen LogP) is 0.550. The molecule has 0 radical (unpaired) electrons. The van der Waals surface area contributed by atoms with E-state index in [9.17, 15) is 14.4 Å². The van der Waals surface area contributed by atoms with E-state index >= 15 is 0 Å². The SMILES string of the molecule is CCC1C(=O)NCCN1C(=O)NC(C)CCCC(=O)O. The summed E-state index contributed by atoms with van der Waals surface area (Å²) in [5.74, 6) is -0.949. The van der Waals surface area contributed by atoms with E-state index in [0.717, 1.165) is 0 Å². The molecule has 20 heavy (non-hydrogen) atoms. The number of hydrogen-bond donors (Lipinski definition) is 3. The van der Waals surface area contributed by atoms with Gasteiger partial charge in [-0.25, -0.2) is 4.79 Å². The van der Waals surface area contributed by atoms with Crippen LogP contribution in [0.5, 0.6) is 0 Å². The van der Waals surface area contributed by atoms with E-state index < -0.39 is 12.0 Å². The highest BCUT2D eigenvalue weighted by Crippen LogP contribution is 2.09. The third-order valence-corrected chi connectivity index (χ3v) is 3.38. The number of rotatable bonds is 6. The van der Waals surface area contributed by atoms with Gasteiger partial charge in [-0.1, -0.05) is 6.92 Å². The van der Waals surface area contributed by atoms with Crippen LogP contribution in [0.2, 0.25) is 0 Å². The van der Waals surface area contributed by atoms with E-state index in [4.69, 9.17) is 5.11 Å². The summed E-state index contributed by atoms with van der Waals surface area (Å²) in [6.45, 7) is 4.67. The van der Waals surface area contributed by atoms with Crippen LogP contribution in [0.1, 0.15) is 39.5 Å². The molecule has 0 aromatic rings. The molecule has 1 fully saturated rings. The molecule has 3 amide bonds. The van der Waals surface area contributed by atoms with Crippen LogP contribution in [0.4, 0.5) is 4.79 Å². The lowest BCUT2D eigenvalue weighted by Gasteiger charge is -2.35. The summed E-state index contributed by atoms with van der Waals surface area (Å²) in [5.41, 5.74) is 0. The lowest BCUT2D eigenvalue weighted by molar-refractivity contribution is -0.137. The van der Waals surface area contributed by atoms with Gasteiger partial charge in [0, 0.05) is 25.6 Å². The molecule has 1 aliphatic rings. The molecular formula is C13H23N3O4. The molecule has 3 N–H and O–H groups in total. The Kier molecular flexibility index (Phi) is 6.27. The second-order valence-corrected chi connectivity index (χ2v) is 5.04. The fourth-order valence-electron chi connectivity index (χ4n) is 2.29. The van der Waals surface area contributed by atoms with E-state index in [0.29, 0.717) is 32.4 Å². The van der Waals surface area contributed by atoms with Crippen molar-refractivity contribution < 1.29 is 19.5 Å². The first-order chi connectivity index (χ1) is 9.45. The van der Waals surface area contributed by atoms with Crippen LogP contribution in [0, 0.1) is 0 Å². The second-order valence-electron chi connectivity index (χ2n) is 5.04. The number of carbonyl (C=O) groups excluding carboxylic acids is 2. The fourth-order valence-corrected chi connectivity index (χ4v) is 2.29. The van der Waals surface area contributed by atoms with Crippen molar-refractivity contribution in [1.29, 1.82) is 0 Å². The highest BCUT2D eigenvalue weighted by molar-refractivity contribution is 5.88. The number of urea groups is 1. The number of carbonyl (C=O) groups is 3. The molecule has 0 spiro atoms. The van der Waals surface area contributed by atoms with Gasteiger partial charge in [-0.15, -0.1) is 0 Å². The minimum absolute atomic E-state index is 0.101. The van der Waals surface area contributed by atoms with Crippen LogP contribution in [-0.2, 0) is 9.59 Å². The topological polar surface area (TPSA) is 98.7 Å². The van der Waals surface area contributed by atoms with Gasteiger partial charge >= 0.3 is 12.0 Å². The van der Waals surface area contributed by atoms with Gasteiger partial charge in [0.2, 0.25) is 5.91 Å². The molecule has 0 aromatic carbocycles. The number of hydrogen-bond acceptors (Lipinski definition) is 3. The number of carboxylic acid groups (broad SMARTS) is 1. The van der Waals surface area contributed by atoms with E-state index in [1.54, 1.807) is 4.90 Å². The molecule has 7 nitrogen and oxygen atoms in total. The maximum absolute atomic E-state index is 12.1. The number of amides is 3. The molecule has 2 unspecified atom stereocenters. The Morgan fingerprint density at radius 1 is 1.55 bits per heavy atom. The maximum Gasteiger partial charge on any atom is 0.318 e. The molecule has 0 bridgehead atoms. The molecule has 0 aliphatic carbocycles. The van der Waals surface area contributed by atoms with Gasteiger partial charge in [0.25, 0.3) is 0 Å². The minimum atomic E-state index is -0.831. The van der Waals surface area contributed by atoms with Crippen molar-refractivity contribution in [1.82, 2.24) is 15.5 Å².